The fourth-order valence-electron chi connectivity index (χ4n) is 4.47. The molecule has 0 aliphatic rings. The average molecular weight is 630 g/mol. The van der Waals surface area contributed by atoms with Crippen LogP contribution in [0.25, 0.3) is 33.5 Å². The summed E-state index contributed by atoms with van der Waals surface area (Å²) in [6.07, 6.45) is 2.83. The Morgan fingerprint density at radius 1 is 1.19 bits per heavy atom. The van der Waals surface area contributed by atoms with Crippen LogP contribution in [0.1, 0.15) is 25.0 Å². The first kappa shape index (κ1) is 28.8. The zero-order valence-electron chi connectivity index (χ0n) is 23.3. The highest BCUT2D eigenvalue weighted by molar-refractivity contribution is 9.10. The lowest BCUT2D eigenvalue weighted by molar-refractivity contribution is -0.150. The third-order valence-electron chi connectivity index (χ3n) is 6.43. The summed E-state index contributed by atoms with van der Waals surface area (Å²) in [6, 6.07) is 18.1. The zero-order chi connectivity index (χ0) is 29.8. The molecular formula is C32H28BrN3O6. The number of allylic oxidation sites excluding steroid dienone is 1. The predicted octanol–water partition coefficient (Wildman–Crippen LogP) is 6.52. The average Bonchev–Trinajstić information content (AvgIpc) is 3.41. The Kier molecular flexibility index (Phi) is 8.53. The SMILES string of the molecule is C=CCc1cc(C=Nn2c(-c3cc4cc(Br)ccc4o3)nc3ccccc3c2=O)cc(OC)c1O[C@H](C)C(=O)OCC. The Balaban J connectivity index is 1.61. The number of methoxy groups -OCH3 is 1. The molecule has 10 heteroatoms. The van der Waals surface area contributed by atoms with E-state index in [2.05, 4.69) is 27.6 Å². The molecule has 0 bridgehead atoms. The second kappa shape index (κ2) is 12.4. The molecule has 0 N–H and O–H groups in total. The van der Waals surface area contributed by atoms with Crippen molar-refractivity contribution in [2.45, 2.75) is 26.4 Å². The maximum Gasteiger partial charge on any atom is 0.347 e. The van der Waals surface area contributed by atoms with Crippen LogP contribution in [0.2, 0.25) is 0 Å². The number of nitrogens with zero attached hydrogens (tertiary/aromatic N) is 3. The van der Waals surface area contributed by atoms with Gasteiger partial charge in [0, 0.05) is 15.4 Å². The highest BCUT2D eigenvalue weighted by atomic mass is 79.9. The second-order valence-electron chi connectivity index (χ2n) is 9.32. The van der Waals surface area contributed by atoms with Crippen molar-refractivity contribution in [3.63, 3.8) is 0 Å². The monoisotopic (exact) mass is 629 g/mol. The fraction of sp³-hybridized carbons (Fsp3) is 0.188. The quantitative estimate of drug-likeness (QED) is 0.0983. The number of ether oxygens (including phenoxy) is 3. The van der Waals surface area contributed by atoms with Crippen LogP contribution in [0.4, 0.5) is 0 Å². The molecule has 0 saturated carbocycles. The Hall–Kier alpha value is -4.70. The summed E-state index contributed by atoms with van der Waals surface area (Å²) in [6.45, 7) is 7.43. The molecule has 0 aliphatic carbocycles. The highest BCUT2D eigenvalue weighted by Crippen LogP contribution is 2.34. The zero-order valence-corrected chi connectivity index (χ0v) is 24.9. The molecule has 5 rings (SSSR count). The van der Waals surface area contributed by atoms with Crippen LogP contribution in [0.5, 0.6) is 11.5 Å². The number of aromatic nitrogens is 2. The van der Waals surface area contributed by atoms with Crippen LogP contribution in [-0.2, 0) is 16.0 Å². The van der Waals surface area contributed by atoms with E-state index in [1.807, 2.05) is 36.4 Å². The number of halogens is 1. The molecule has 214 valence electrons. The minimum atomic E-state index is -0.851. The molecular weight excluding hydrogens is 602 g/mol. The van der Waals surface area contributed by atoms with E-state index in [0.29, 0.717) is 51.3 Å². The number of para-hydroxylation sites is 1. The molecule has 0 saturated heterocycles. The summed E-state index contributed by atoms with van der Waals surface area (Å²) in [5.41, 5.74) is 2.17. The van der Waals surface area contributed by atoms with Gasteiger partial charge in [-0.1, -0.05) is 34.1 Å². The standard InChI is InChI=1S/C32H28BrN3O6/c1-5-9-21-14-20(15-27(39-4)29(21)41-19(3)32(38)40-6-2)18-34-36-30(35-25-11-8-7-10-24(25)31(36)37)28-17-22-16-23(33)12-13-26(22)42-28/h5,7-8,10-19H,1,6,9H2,2-4H3/t19-/m1/s1. The number of carbonyl (C=O) groups is 1. The van der Waals surface area contributed by atoms with Gasteiger partial charge in [0.1, 0.15) is 5.58 Å². The number of hydrogen-bond donors (Lipinski definition) is 0. The van der Waals surface area contributed by atoms with Crippen LogP contribution in [0.15, 0.2) is 92.1 Å². The molecule has 2 aromatic heterocycles. The number of esters is 1. The summed E-state index contributed by atoms with van der Waals surface area (Å²) in [4.78, 5) is 30.6. The molecule has 0 radical (unpaired) electrons. The van der Waals surface area contributed by atoms with Gasteiger partial charge in [0.2, 0.25) is 5.82 Å². The van der Waals surface area contributed by atoms with Gasteiger partial charge in [-0.05, 0) is 74.4 Å². The van der Waals surface area contributed by atoms with Crippen molar-refractivity contribution in [3.8, 4) is 23.1 Å². The van der Waals surface area contributed by atoms with Crippen molar-refractivity contribution in [2.24, 2.45) is 5.10 Å². The van der Waals surface area contributed by atoms with E-state index in [-0.39, 0.29) is 18.0 Å². The molecule has 5 aromatic rings. The first-order chi connectivity index (χ1) is 20.3. The first-order valence-electron chi connectivity index (χ1n) is 13.2. The number of hydrogen-bond acceptors (Lipinski definition) is 8. The number of furan rings is 1. The lowest BCUT2D eigenvalue weighted by Crippen LogP contribution is -2.26. The van der Waals surface area contributed by atoms with Crippen molar-refractivity contribution >= 4 is 50.0 Å². The van der Waals surface area contributed by atoms with Gasteiger partial charge in [0.15, 0.2) is 23.4 Å². The van der Waals surface area contributed by atoms with Gasteiger partial charge in [0.25, 0.3) is 5.56 Å². The Bertz CT molecular complexity index is 1890. The largest absolute Gasteiger partial charge is 0.493 e. The van der Waals surface area contributed by atoms with E-state index in [1.165, 1.54) is 18.0 Å². The third-order valence-corrected chi connectivity index (χ3v) is 6.92. The lowest BCUT2D eigenvalue weighted by Gasteiger charge is -2.19. The van der Waals surface area contributed by atoms with Crippen LogP contribution >= 0.6 is 15.9 Å². The van der Waals surface area contributed by atoms with Crippen molar-refractivity contribution in [3.05, 3.63) is 99.3 Å². The Labute approximate surface area is 250 Å². The van der Waals surface area contributed by atoms with Crippen molar-refractivity contribution in [1.82, 2.24) is 9.66 Å². The Morgan fingerprint density at radius 2 is 2.00 bits per heavy atom. The normalized spacial score (nSPS) is 12.1. The lowest BCUT2D eigenvalue weighted by atomic mass is 10.1. The second-order valence-corrected chi connectivity index (χ2v) is 10.2. The summed E-state index contributed by atoms with van der Waals surface area (Å²) in [7, 11) is 1.51. The number of benzene rings is 3. The van der Waals surface area contributed by atoms with Crippen molar-refractivity contribution < 1.29 is 23.4 Å². The molecule has 0 amide bonds. The summed E-state index contributed by atoms with van der Waals surface area (Å²) in [5, 5.41) is 5.83. The molecule has 0 unspecified atom stereocenters. The molecule has 0 spiro atoms. The third kappa shape index (κ3) is 5.84. The van der Waals surface area contributed by atoms with E-state index >= 15 is 0 Å². The maximum atomic E-state index is 13.7. The van der Waals surface area contributed by atoms with Crippen LogP contribution in [0, 0.1) is 0 Å². The van der Waals surface area contributed by atoms with Crippen molar-refractivity contribution in [2.75, 3.05) is 13.7 Å². The summed E-state index contributed by atoms with van der Waals surface area (Å²) < 4.78 is 24.9. The maximum absolute atomic E-state index is 13.7. The van der Waals surface area contributed by atoms with Crippen LogP contribution in [0.3, 0.4) is 0 Å². The minimum absolute atomic E-state index is 0.245. The summed E-state index contributed by atoms with van der Waals surface area (Å²) >= 11 is 3.48. The number of rotatable bonds is 10. The van der Waals surface area contributed by atoms with Gasteiger partial charge in [-0.15, -0.1) is 6.58 Å². The fourth-order valence-corrected chi connectivity index (χ4v) is 4.85. The topological polar surface area (TPSA) is 105 Å². The van der Waals surface area contributed by atoms with Gasteiger partial charge < -0.3 is 18.6 Å². The van der Waals surface area contributed by atoms with Gasteiger partial charge in [0.05, 0.1) is 30.8 Å². The van der Waals surface area contributed by atoms with Crippen molar-refractivity contribution in [1.29, 1.82) is 0 Å². The first-order valence-corrected chi connectivity index (χ1v) is 14.0. The Morgan fingerprint density at radius 3 is 2.76 bits per heavy atom. The van der Waals surface area contributed by atoms with E-state index in [1.54, 1.807) is 44.2 Å². The van der Waals surface area contributed by atoms with E-state index in [4.69, 9.17) is 23.6 Å². The van der Waals surface area contributed by atoms with Gasteiger partial charge in [-0.2, -0.15) is 9.78 Å². The number of carbonyl (C=O) groups excluding carboxylic acids is 1. The van der Waals surface area contributed by atoms with E-state index in [0.717, 1.165) is 9.86 Å². The van der Waals surface area contributed by atoms with E-state index < -0.39 is 12.1 Å². The highest BCUT2D eigenvalue weighted by Gasteiger charge is 2.21. The number of fused-ring (bicyclic) bond motifs is 2. The molecule has 0 fully saturated rings. The smallest absolute Gasteiger partial charge is 0.347 e. The van der Waals surface area contributed by atoms with Gasteiger partial charge in [-0.25, -0.2) is 9.78 Å². The van der Waals surface area contributed by atoms with Gasteiger partial charge in [-0.3, -0.25) is 4.79 Å². The minimum Gasteiger partial charge on any atom is -0.493 e. The molecule has 3 aromatic carbocycles. The molecule has 1 atom stereocenters. The van der Waals surface area contributed by atoms with Crippen LogP contribution in [-0.4, -0.2) is 41.7 Å². The molecule has 0 aliphatic heterocycles. The van der Waals surface area contributed by atoms with Gasteiger partial charge >= 0.3 is 5.97 Å². The summed E-state index contributed by atoms with van der Waals surface area (Å²) in [5.74, 6) is 0.949. The molecule has 42 heavy (non-hydrogen) atoms. The molecule has 9 nitrogen and oxygen atoms in total. The molecule has 2 heterocycles. The van der Waals surface area contributed by atoms with Crippen LogP contribution < -0.4 is 15.0 Å². The van der Waals surface area contributed by atoms with E-state index in [9.17, 15) is 9.59 Å². The predicted molar refractivity (Wildman–Crippen MR) is 166 cm³/mol.